The molecule has 1 aliphatic rings. The summed E-state index contributed by atoms with van der Waals surface area (Å²) in [4.78, 5) is 25.6. The van der Waals surface area contributed by atoms with Crippen LogP contribution in [-0.4, -0.2) is 36.5 Å². The standard InChI is InChI=1S/C15H18FNO3/c1-2-20-15(19)12-6-4-8-17(10-12)14(18)11-5-3-7-13(16)9-11/h3,5,7,9,12H,2,4,6,8,10H2,1H3. The van der Waals surface area contributed by atoms with E-state index in [9.17, 15) is 14.0 Å². The van der Waals surface area contributed by atoms with Crippen molar-refractivity contribution in [3.63, 3.8) is 0 Å². The fourth-order valence-corrected chi connectivity index (χ4v) is 2.42. The van der Waals surface area contributed by atoms with Crippen molar-refractivity contribution in [3.05, 3.63) is 35.6 Å². The van der Waals surface area contributed by atoms with E-state index >= 15 is 0 Å². The summed E-state index contributed by atoms with van der Waals surface area (Å²) >= 11 is 0. The molecule has 108 valence electrons. The Morgan fingerprint density at radius 2 is 2.25 bits per heavy atom. The summed E-state index contributed by atoms with van der Waals surface area (Å²) in [5.41, 5.74) is 0.314. The van der Waals surface area contributed by atoms with E-state index in [1.54, 1.807) is 17.9 Å². The molecule has 1 saturated heterocycles. The fourth-order valence-electron chi connectivity index (χ4n) is 2.42. The minimum Gasteiger partial charge on any atom is -0.466 e. The van der Waals surface area contributed by atoms with Gasteiger partial charge in [0.15, 0.2) is 0 Å². The van der Waals surface area contributed by atoms with Crippen molar-refractivity contribution < 1.29 is 18.7 Å². The molecular weight excluding hydrogens is 261 g/mol. The van der Waals surface area contributed by atoms with Crippen LogP contribution in [-0.2, 0) is 9.53 Å². The summed E-state index contributed by atoms with van der Waals surface area (Å²) in [6, 6.07) is 5.61. The molecule has 0 aliphatic carbocycles. The van der Waals surface area contributed by atoms with Crippen LogP contribution in [0.5, 0.6) is 0 Å². The molecule has 2 rings (SSSR count). The molecule has 1 atom stereocenters. The van der Waals surface area contributed by atoms with Gasteiger partial charge in [0.05, 0.1) is 12.5 Å². The molecule has 0 saturated carbocycles. The van der Waals surface area contributed by atoms with Crippen molar-refractivity contribution in [1.29, 1.82) is 0 Å². The molecule has 1 aromatic rings. The second kappa shape index (κ2) is 6.50. The number of rotatable bonds is 3. The fraction of sp³-hybridized carbons (Fsp3) is 0.467. The molecule has 1 unspecified atom stereocenters. The molecule has 20 heavy (non-hydrogen) atoms. The number of nitrogens with zero attached hydrogens (tertiary/aromatic N) is 1. The van der Waals surface area contributed by atoms with Gasteiger partial charge in [-0.2, -0.15) is 0 Å². The summed E-state index contributed by atoms with van der Waals surface area (Å²) < 4.78 is 18.2. The quantitative estimate of drug-likeness (QED) is 0.797. The van der Waals surface area contributed by atoms with Gasteiger partial charge in [0.25, 0.3) is 5.91 Å². The zero-order valence-electron chi connectivity index (χ0n) is 11.5. The molecule has 1 aliphatic heterocycles. The number of likely N-dealkylation sites (tertiary alicyclic amines) is 1. The largest absolute Gasteiger partial charge is 0.466 e. The van der Waals surface area contributed by atoms with Gasteiger partial charge in [-0.25, -0.2) is 4.39 Å². The zero-order valence-corrected chi connectivity index (χ0v) is 11.5. The Morgan fingerprint density at radius 3 is 2.95 bits per heavy atom. The lowest BCUT2D eigenvalue weighted by Crippen LogP contribution is -2.42. The first-order valence-electron chi connectivity index (χ1n) is 6.83. The van der Waals surface area contributed by atoms with Gasteiger partial charge in [-0.05, 0) is 38.0 Å². The third-order valence-electron chi connectivity index (χ3n) is 3.40. The topological polar surface area (TPSA) is 46.6 Å². The molecule has 1 aromatic carbocycles. The first kappa shape index (κ1) is 14.5. The van der Waals surface area contributed by atoms with Gasteiger partial charge in [0.1, 0.15) is 5.82 Å². The van der Waals surface area contributed by atoms with Gasteiger partial charge in [0, 0.05) is 18.7 Å². The summed E-state index contributed by atoms with van der Waals surface area (Å²) in [6.45, 7) is 3.03. The van der Waals surface area contributed by atoms with Crippen molar-refractivity contribution in [2.75, 3.05) is 19.7 Å². The summed E-state index contributed by atoms with van der Waals surface area (Å²) in [5, 5.41) is 0. The number of hydrogen-bond acceptors (Lipinski definition) is 3. The lowest BCUT2D eigenvalue weighted by Gasteiger charge is -2.31. The van der Waals surface area contributed by atoms with Crippen molar-refractivity contribution in [1.82, 2.24) is 4.90 Å². The van der Waals surface area contributed by atoms with Crippen LogP contribution >= 0.6 is 0 Å². The van der Waals surface area contributed by atoms with Crippen LogP contribution in [0, 0.1) is 11.7 Å². The second-order valence-corrected chi connectivity index (χ2v) is 4.85. The number of ether oxygens (including phenoxy) is 1. The van der Waals surface area contributed by atoms with Crippen LogP contribution in [0.3, 0.4) is 0 Å². The van der Waals surface area contributed by atoms with Gasteiger partial charge >= 0.3 is 5.97 Å². The van der Waals surface area contributed by atoms with Gasteiger partial charge < -0.3 is 9.64 Å². The Balaban J connectivity index is 2.05. The number of carbonyl (C=O) groups is 2. The van der Waals surface area contributed by atoms with Gasteiger partial charge in [0.2, 0.25) is 0 Å². The van der Waals surface area contributed by atoms with E-state index in [2.05, 4.69) is 0 Å². The van der Waals surface area contributed by atoms with Gasteiger partial charge in [-0.1, -0.05) is 6.07 Å². The molecule has 5 heteroatoms. The Hall–Kier alpha value is -1.91. The summed E-state index contributed by atoms with van der Waals surface area (Å²) in [7, 11) is 0. The number of halogens is 1. The molecule has 4 nitrogen and oxygen atoms in total. The Bertz CT molecular complexity index is 504. The molecule has 0 aromatic heterocycles. The smallest absolute Gasteiger partial charge is 0.310 e. The van der Waals surface area contributed by atoms with Crippen LogP contribution in [0.15, 0.2) is 24.3 Å². The molecule has 0 radical (unpaired) electrons. The minimum absolute atomic E-state index is 0.238. The number of esters is 1. The molecule has 0 bridgehead atoms. The maximum absolute atomic E-state index is 13.2. The Morgan fingerprint density at radius 1 is 1.45 bits per heavy atom. The monoisotopic (exact) mass is 279 g/mol. The van der Waals surface area contributed by atoms with E-state index in [-0.39, 0.29) is 17.8 Å². The van der Waals surface area contributed by atoms with E-state index in [1.807, 2.05) is 0 Å². The number of hydrogen-bond donors (Lipinski definition) is 0. The highest BCUT2D eigenvalue weighted by Crippen LogP contribution is 2.20. The normalized spacial score (nSPS) is 18.7. The molecule has 0 spiro atoms. The predicted molar refractivity (Wildman–Crippen MR) is 71.7 cm³/mol. The maximum Gasteiger partial charge on any atom is 0.310 e. The highest BCUT2D eigenvalue weighted by molar-refractivity contribution is 5.94. The van der Waals surface area contributed by atoms with Crippen LogP contribution in [0.4, 0.5) is 4.39 Å². The van der Waals surface area contributed by atoms with Crippen LogP contribution < -0.4 is 0 Å². The van der Waals surface area contributed by atoms with E-state index in [0.717, 1.165) is 12.8 Å². The number of carbonyl (C=O) groups excluding carboxylic acids is 2. The average molecular weight is 279 g/mol. The maximum atomic E-state index is 13.2. The predicted octanol–water partition coefficient (Wildman–Crippen LogP) is 2.24. The first-order chi connectivity index (χ1) is 9.61. The van der Waals surface area contributed by atoms with Crippen LogP contribution in [0.2, 0.25) is 0 Å². The number of piperidine rings is 1. The highest BCUT2D eigenvalue weighted by Gasteiger charge is 2.29. The van der Waals surface area contributed by atoms with Crippen LogP contribution in [0.1, 0.15) is 30.1 Å². The highest BCUT2D eigenvalue weighted by atomic mass is 19.1. The molecule has 1 heterocycles. The Labute approximate surface area is 117 Å². The third-order valence-corrected chi connectivity index (χ3v) is 3.40. The molecule has 1 amide bonds. The van der Waals surface area contributed by atoms with E-state index < -0.39 is 5.82 Å². The van der Waals surface area contributed by atoms with Crippen molar-refractivity contribution in [2.45, 2.75) is 19.8 Å². The molecule has 0 N–H and O–H groups in total. The van der Waals surface area contributed by atoms with E-state index in [4.69, 9.17) is 4.74 Å². The molecular formula is C15H18FNO3. The van der Waals surface area contributed by atoms with Gasteiger partial charge in [-0.3, -0.25) is 9.59 Å². The summed E-state index contributed by atoms with van der Waals surface area (Å²) in [6.07, 6.45) is 1.48. The van der Waals surface area contributed by atoms with Crippen molar-refractivity contribution >= 4 is 11.9 Å². The number of benzene rings is 1. The van der Waals surface area contributed by atoms with Crippen molar-refractivity contribution in [3.8, 4) is 0 Å². The average Bonchev–Trinajstić information content (AvgIpc) is 2.47. The van der Waals surface area contributed by atoms with E-state index in [0.29, 0.717) is 25.3 Å². The van der Waals surface area contributed by atoms with Crippen molar-refractivity contribution in [2.24, 2.45) is 5.92 Å². The van der Waals surface area contributed by atoms with Gasteiger partial charge in [-0.15, -0.1) is 0 Å². The van der Waals surface area contributed by atoms with E-state index in [1.165, 1.54) is 18.2 Å². The Kier molecular flexibility index (Phi) is 4.71. The minimum atomic E-state index is -0.435. The first-order valence-corrected chi connectivity index (χ1v) is 6.83. The summed E-state index contributed by atoms with van der Waals surface area (Å²) in [5.74, 6) is -1.21. The second-order valence-electron chi connectivity index (χ2n) is 4.85. The zero-order chi connectivity index (χ0) is 14.5. The molecule has 1 fully saturated rings. The SMILES string of the molecule is CCOC(=O)C1CCCN(C(=O)c2cccc(F)c2)C1. The lowest BCUT2D eigenvalue weighted by molar-refractivity contribution is -0.149. The lowest BCUT2D eigenvalue weighted by atomic mass is 9.97. The number of amides is 1. The third kappa shape index (κ3) is 3.35. The van der Waals surface area contributed by atoms with Crippen LogP contribution in [0.25, 0.3) is 0 Å².